The number of aliphatic carboxylic acids is 1. The van der Waals surface area contributed by atoms with E-state index in [2.05, 4.69) is 6.07 Å². The number of hydrogen-bond acceptors (Lipinski definition) is 3. The number of carbonyl (C=O) groups is 1. The second kappa shape index (κ2) is 5.19. The molecule has 0 aliphatic heterocycles. The molecule has 0 heterocycles. The predicted molar refractivity (Wildman–Crippen MR) is 62.3 cm³/mol. The van der Waals surface area contributed by atoms with Crippen LogP contribution in [0.3, 0.4) is 0 Å². The lowest BCUT2D eigenvalue weighted by atomic mass is 10.1. The molecular weight excluding hydrogens is 210 g/mol. The van der Waals surface area contributed by atoms with E-state index in [4.69, 9.17) is 10.8 Å². The van der Waals surface area contributed by atoms with Crippen molar-refractivity contribution in [2.45, 2.75) is 24.8 Å². The molecule has 0 fully saturated rings. The van der Waals surface area contributed by atoms with Crippen molar-refractivity contribution in [2.24, 2.45) is 5.73 Å². The minimum Gasteiger partial charge on any atom is -0.480 e. The number of nitrogens with two attached hydrogens (primary N) is 1. The van der Waals surface area contributed by atoms with Crippen LogP contribution in [0.5, 0.6) is 0 Å². The molecule has 0 saturated carbocycles. The third-order valence-electron chi connectivity index (χ3n) is 2.23. The molecule has 0 aliphatic rings. The Hall–Kier alpha value is -1.00. The van der Waals surface area contributed by atoms with Gasteiger partial charge in [-0.1, -0.05) is 6.07 Å². The minimum absolute atomic E-state index is 0.401. The van der Waals surface area contributed by atoms with Crippen molar-refractivity contribution in [1.29, 1.82) is 0 Å². The summed E-state index contributed by atoms with van der Waals surface area (Å²) in [6, 6.07) is 5.27. The molecule has 3 N–H and O–H groups in total. The molecule has 0 aliphatic carbocycles. The Bertz CT molecular complexity index is 366. The first-order valence-corrected chi connectivity index (χ1v) is 5.67. The van der Waals surface area contributed by atoms with Gasteiger partial charge in [0.15, 0.2) is 0 Å². The van der Waals surface area contributed by atoms with Crippen molar-refractivity contribution in [3.8, 4) is 0 Å². The Kier molecular flexibility index (Phi) is 4.17. The minimum atomic E-state index is -0.952. The topological polar surface area (TPSA) is 63.3 Å². The Morgan fingerprint density at radius 2 is 2.13 bits per heavy atom. The SMILES string of the molecule is Cc1ccc(SCC(N)C(=O)O)cc1C. The molecule has 15 heavy (non-hydrogen) atoms. The summed E-state index contributed by atoms with van der Waals surface area (Å²) < 4.78 is 0. The van der Waals surface area contributed by atoms with E-state index in [1.54, 1.807) is 0 Å². The fourth-order valence-corrected chi connectivity index (χ4v) is 2.00. The van der Waals surface area contributed by atoms with Crippen LogP contribution in [0.4, 0.5) is 0 Å². The van der Waals surface area contributed by atoms with Gasteiger partial charge in [-0.2, -0.15) is 0 Å². The van der Waals surface area contributed by atoms with Crippen LogP contribution in [0.15, 0.2) is 23.1 Å². The summed E-state index contributed by atoms with van der Waals surface area (Å²) in [7, 11) is 0. The van der Waals surface area contributed by atoms with Gasteiger partial charge in [0.1, 0.15) is 6.04 Å². The molecule has 3 nitrogen and oxygen atoms in total. The highest BCUT2D eigenvalue weighted by atomic mass is 32.2. The fourth-order valence-electron chi connectivity index (χ4n) is 1.06. The van der Waals surface area contributed by atoms with Gasteiger partial charge in [-0.3, -0.25) is 4.79 Å². The monoisotopic (exact) mass is 225 g/mol. The summed E-state index contributed by atoms with van der Waals surface area (Å²) in [5.41, 5.74) is 7.86. The molecule has 4 heteroatoms. The van der Waals surface area contributed by atoms with E-state index in [0.29, 0.717) is 5.75 Å². The largest absolute Gasteiger partial charge is 0.480 e. The van der Waals surface area contributed by atoms with E-state index in [9.17, 15) is 4.79 Å². The maximum Gasteiger partial charge on any atom is 0.321 e. The number of rotatable bonds is 4. The lowest BCUT2D eigenvalue weighted by Gasteiger charge is -2.07. The van der Waals surface area contributed by atoms with Gasteiger partial charge in [0.25, 0.3) is 0 Å². The number of thioether (sulfide) groups is 1. The maximum absolute atomic E-state index is 10.5. The maximum atomic E-state index is 10.5. The highest BCUT2D eigenvalue weighted by Crippen LogP contribution is 2.21. The quantitative estimate of drug-likeness (QED) is 0.767. The van der Waals surface area contributed by atoms with Crippen molar-refractivity contribution in [3.63, 3.8) is 0 Å². The van der Waals surface area contributed by atoms with Gasteiger partial charge in [-0.25, -0.2) is 0 Å². The fraction of sp³-hybridized carbons (Fsp3) is 0.364. The van der Waals surface area contributed by atoms with Crippen LogP contribution < -0.4 is 5.73 Å². The average Bonchev–Trinajstić information content (AvgIpc) is 2.19. The lowest BCUT2D eigenvalue weighted by molar-refractivity contribution is -0.137. The second-order valence-electron chi connectivity index (χ2n) is 3.50. The molecule has 1 aromatic rings. The summed E-state index contributed by atoms with van der Waals surface area (Å²) in [6.07, 6.45) is 0. The third-order valence-corrected chi connectivity index (χ3v) is 3.34. The van der Waals surface area contributed by atoms with Gasteiger partial charge >= 0.3 is 5.97 Å². The van der Waals surface area contributed by atoms with Crippen LogP contribution in [0.2, 0.25) is 0 Å². The Balaban J connectivity index is 2.58. The van der Waals surface area contributed by atoms with E-state index in [1.807, 2.05) is 26.0 Å². The number of carboxylic acid groups (broad SMARTS) is 1. The lowest BCUT2D eigenvalue weighted by Crippen LogP contribution is -2.32. The normalized spacial score (nSPS) is 12.5. The number of benzene rings is 1. The van der Waals surface area contributed by atoms with E-state index in [-0.39, 0.29) is 0 Å². The zero-order chi connectivity index (χ0) is 11.4. The first-order valence-electron chi connectivity index (χ1n) is 4.69. The summed E-state index contributed by atoms with van der Waals surface area (Å²) >= 11 is 1.47. The summed E-state index contributed by atoms with van der Waals surface area (Å²) in [4.78, 5) is 11.6. The van der Waals surface area contributed by atoms with Crippen LogP contribution in [0.1, 0.15) is 11.1 Å². The highest BCUT2D eigenvalue weighted by Gasteiger charge is 2.11. The summed E-state index contributed by atoms with van der Waals surface area (Å²) in [5, 5.41) is 8.62. The molecule has 1 rings (SSSR count). The number of hydrogen-bond donors (Lipinski definition) is 2. The smallest absolute Gasteiger partial charge is 0.321 e. The zero-order valence-electron chi connectivity index (χ0n) is 8.86. The Morgan fingerprint density at radius 1 is 1.47 bits per heavy atom. The first-order chi connectivity index (χ1) is 7.00. The van der Waals surface area contributed by atoms with Crippen molar-refractivity contribution in [3.05, 3.63) is 29.3 Å². The molecular formula is C11H15NO2S. The van der Waals surface area contributed by atoms with Gasteiger partial charge in [0, 0.05) is 10.6 Å². The Morgan fingerprint density at radius 3 is 2.67 bits per heavy atom. The van der Waals surface area contributed by atoms with Crippen molar-refractivity contribution in [2.75, 3.05) is 5.75 Å². The first kappa shape index (κ1) is 12.1. The van der Waals surface area contributed by atoms with E-state index < -0.39 is 12.0 Å². The van der Waals surface area contributed by atoms with E-state index in [1.165, 1.54) is 22.9 Å². The number of carboxylic acids is 1. The molecule has 0 spiro atoms. The van der Waals surface area contributed by atoms with E-state index >= 15 is 0 Å². The van der Waals surface area contributed by atoms with Crippen LogP contribution in [-0.2, 0) is 4.79 Å². The van der Waals surface area contributed by atoms with Crippen molar-refractivity contribution in [1.82, 2.24) is 0 Å². The van der Waals surface area contributed by atoms with Crippen molar-refractivity contribution >= 4 is 17.7 Å². The molecule has 1 atom stereocenters. The summed E-state index contributed by atoms with van der Waals surface area (Å²) in [6.45, 7) is 4.09. The van der Waals surface area contributed by atoms with Gasteiger partial charge in [-0.05, 0) is 37.1 Å². The highest BCUT2D eigenvalue weighted by molar-refractivity contribution is 7.99. The number of aryl methyl sites for hydroxylation is 2. The molecule has 0 saturated heterocycles. The van der Waals surface area contributed by atoms with Crippen LogP contribution in [0.25, 0.3) is 0 Å². The molecule has 0 bridgehead atoms. The van der Waals surface area contributed by atoms with Gasteiger partial charge in [0.2, 0.25) is 0 Å². The Labute approximate surface area is 93.7 Å². The van der Waals surface area contributed by atoms with Crippen molar-refractivity contribution < 1.29 is 9.90 Å². The average molecular weight is 225 g/mol. The van der Waals surface area contributed by atoms with E-state index in [0.717, 1.165) is 4.90 Å². The van der Waals surface area contributed by atoms with Crippen LogP contribution >= 0.6 is 11.8 Å². The molecule has 1 unspecified atom stereocenters. The van der Waals surface area contributed by atoms with Crippen LogP contribution in [0, 0.1) is 13.8 Å². The zero-order valence-corrected chi connectivity index (χ0v) is 9.67. The second-order valence-corrected chi connectivity index (χ2v) is 4.60. The van der Waals surface area contributed by atoms with Gasteiger partial charge in [0.05, 0.1) is 0 Å². The standard InChI is InChI=1S/C11H15NO2S/c1-7-3-4-9(5-8(7)2)15-6-10(12)11(13)14/h3-5,10H,6,12H2,1-2H3,(H,13,14). The molecule has 0 amide bonds. The van der Waals surface area contributed by atoms with Gasteiger partial charge < -0.3 is 10.8 Å². The predicted octanol–water partition coefficient (Wildman–Crippen LogP) is 1.81. The molecule has 0 radical (unpaired) electrons. The van der Waals surface area contributed by atoms with Crippen LogP contribution in [-0.4, -0.2) is 22.9 Å². The molecule has 0 aromatic heterocycles. The molecule has 1 aromatic carbocycles. The summed E-state index contributed by atoms with van der Waals surface area (Å²) in [5.74, 6) is -0.552. The molecule has 82 valence electrons. The third kappa shape index (κ3) is 3.57. The van der Waals surface area contributed by atoms with Gasteiger partial charge in [-0.15, -0.1) is 11.8 Å².